The zero-order valence-corrected chi connectivity index (χ0v) is 23.0. The van der Waals surface area contributed by atoms with Crippen molar-refractivity contribution in [3.05, 3.63) is 52.5 Å². The number of H-pyrrole nitrogens is 1. The molecule has 2 atom stereocenters. The van der Waals surface area contributed by atoms with Gasteiger partial charge in [-0.2, -0.15) is 15.1 Å². The van der Waals surface area contributed by atoms with Crippen molar-refractivity contribution in [2.75, 3.05) is 37.7 Å². The van der Waals surface area contributed by atoms with Crippen molar-refractivity contribution in [3.63, 3.8) is 0 Å². The second-order valence-electron chi connectivity index (χ2n) is 11.2. The fraction of sp³-hybridized carbons (Fsp3) is 0.414. The Labute approximate surface area is 238 Å². The Hall–Kier alpha value is -3.44. The van der Waals surface area contributed by atoms with Crippen LogP contribution < -0.4 is 9.64 Å². The van der Waals surface area contributed by atoms with Crippen LogP contribution in [0.1, 0.15) is 31.2 Å². The van der Waals surface area contributed by atoms with Gasteiger partial charge in [0.05, 0.1) is 28.8 Å². The lowest BCUT2D eigenvalue weighted by Crippen LogP contribution is -2.43. The molecule has 2 aromatic heterocycles. The summed E-state index contributed by atoms with van der Waals surface area (Å²) in [5.41, 5.74) is 0.274. The van der Waals surface area contributed by atoms with E-state index in [2.05, 4.69) is 25.1 Å². The highest BCUT2D eigenvalue weighted by atomic mass is 35.5. The summed E-state index contributed by atoms with van der Waals surface area (Å²) in [6.45, 7) is 3.24. The van der Waals surface area contributed by atoms with Crippen molar-refractivity contribution in [3.8, 4) is 17.1 Å². The van der Waals surface area contributed by atoms with Crippen LogP contribution in [0.3, 0.4) is 0 Å². The van der Waals surface area contributed by atoms with Crippen LogP contribution in [0.2, 0.25) is 5.02 Å². The summed E-state index contributed by atoms with van der Waals surface area (Å²) in [6, 6.07) is 2.74. The third kappa shape index (κ3) is 4.32. The van der Waals surface area contributed by atoms with Gasteiger partial charge in [-0.15, -0.1) is 0 Å². The molecule has 0 saturated carbocycles. The summed E-state index contributed by atoms with van der Waals surface area (Å²) in [6.07, 6.45) is 4.57. The number of nitrogens with one attached hydrogen (secondary N) is 1. The Morgan fingerprint density at radius 3 is 2.83 bits per heavy atom. The molecule has 0 spiro atoms. The minimum absolute atomic E-state index is 0.0261. The Kier molecular flexibility index (Phi) is 6.35. The Morgan fingerprint density at radius 2 is 2.00 bits per heavy atom. The summed E-state index contributed by atoms with van der Waals surface area (Å²) in [7, 11) is 0. The number of rotatable bonds is 5. The first-order valence-corrected chi connectivity index (χ1v) is 14.1. The molecular weight excluding hydrogens is 560 g/mol. The van der Waals surface area contributed by atoms with Crippen molar-refractivity contribution in [1.82, 2.24) is 25.1 Å². The monoisotopic (exact) mass is 586 g/mol. The molecule has 214 valence electrons. The van der Waals surface area contributed by atoms with Gasteiger partial charge < -0.3 is 9.64 Å². The Bertz CT molecular complexity index is 1730. The average molecular weight is 587 g/mol. The fourth-order valence-corrected chi connectivity index (χ4v) is 7.00. The molecule has 7 rings (SSSR count). The number of aromatic nitrogens is 4. The molecule has 5 heterocycles. The molecule has 1 N–H and O–H groups in total. The molecule has 2 fully saturated rings. The molecule has 3 aliphatic heterocycles. The van der Waals surface area contributed by atoms with Gasteiger partial charge in [0.2, 0.25) is 0 Å². The predicted octanol–water partition coefficient (Wildman–Crippen LogP) is 6.43. The summed E-state index contributed by atoms with van der Waals surface area (Å²) in [5, 5.41) is 7.53. The molecule has 0 radical (unpaired) electrons. The first kappa shape index (κ1) is 26.5. The standard InChI is InChI=1S/C29H27ClF4N6O/c1-15-21(33)9-22-19(11-35-38-22)23(15)24-20(30)8-18-26(25(24)34)36-28(37-27(18)39-6-2-4-16(31)12-39)41-14-29-5-3-7-40(29)13-17(32)10-29/h4,8-9,11,17H,2-3,5-7,10,12-14H2,1H3,(H,35,38). The molecule has 0 bridgehead atoms. The van der Waals surface area contributed by atoms with E-state index in [4.69, 9.17) is 16.3 Å². The fourth-order valence-electron chi connectivity index (χ4n) is 6.71. The number of fused-ring (bicyclic) bond motifs is 3. The van der Waals surface area contributed by atoms with Crippen LogP contribution in [0.5, 0.6) is 6.01 Å². The minimum atomic E-state index is -0.938. The zero-order valence-electron chi connectivity index (χ0n) is 22.3. The number of nitrogens with zero attached hydrogens (tertiary/aromatic N) is 5. The van der Waals surface area contributed by atoms with E-state index in [0.29, 0.717) is 36.8 Å². The molecule has 0 aliphatic carbocycles. The highest BCUT2D eigenvalue weighted by molar-refractivity contribution is 6.35. The summed E-state index contributed by atoms with van der Waals surface area (Å²) in [4.78, 5) is 12.8. The van der Waals surface area contributed by atoms with E-state index in [1.165, 1.54) is 24.4 Å². The smallest absolute Gasteiger partial charge is 0.319 e. The molecule has 12 heteroatoms. The third-order valence-electron chi connectivity index (χ3n) is 8.67. The summed E-state index contributed by atoms with van der Waals surface area (Å²) in [5.74, 6) is -1.37. The minimum Gasteiger partial charge on any atom is -0.461 e. The van der Waals surface area contributed by atoms with Crippen LogP contribution in [0.15, 0.2) is 30.2 Å². The van der Waals surface area contributed by atoms with E-state index in [1.807, 2.05) is 0 Å². The average Bonchev–Trinajstić information content (AvgIpc) is 3.63. The third-order valence-corrected chi connectivity index (χ3v) is 8.97. The van der Waals surface area contributed by atoms with E-state index >= 15 is 4.39 Å². The van der Waals surface area contributed by atoms with E-state index < -0.39 is 23.3 Å². The van der Waals surface area contributed by atoms with Gasteiger partial charge in [0.25, 0.3) is 0 Å². The van der Waals surface area contributed by atoms with Crippen LogP contribution in [0, 0.1) is 18.6 Å². The molecule has 2 saturated heterocycles. The van der Waals surface area contributed by atoms with Crippen LogP contribution in [-0.2, 0) is 0 Å². The molecule has 0 amide bonds. The SMILES string of the molecule is Cc1c(F)cc2[nH]ncc2c1-c1c(Cl)cc2c(N3CCC=C(F)C3)nc(OCC34CCCN3CC(F)C4)nc2c1F. The molecule has 2 aromatic carbocycles. The van der Waals surface area contributed by atoms with Crippen molar-refractivity contribution in [1.29, 1.82) is 0 Å². The Morgan fingerprint density at radius 1 is 1.15 bits per heavy atom. The first-order chi connectivity index (χ1) is 19.7. The molecule has 2 unspecified atom stereocenters. The highest BCUT2D eigenvalue weighted by Gasteiger charge is 2.49. The van der Waals surface area contributed by atoms with Crippen molar-refractivity contribution in [2.24, 2.45) is 0 Å². The maximum absolute atomic E-state index is 16.6. The second kappa shape index (κ2) is 9.84. The lowest BCUT2D eigenvalue weighted by molar-refractivity contribution is 0.107. The Balaban J connectivity index is 1.39. The lowest BCUT2D eigenvalue weighted by Gasteiger charge is -2.31. The highest BCUT2D eigenvalue weighted by Crippen LogP contribution is 2.44. The maximum Gasteiger partial charge on any atom is 0.319 e. The van der Waals surface area contributed by atoms with Gasteiger partial charge >= 0.3 is 6.01 Å². The van der Waals surface area contributed by atoms with Gasteiger partial charge in [0, 0.05) is 41.4 Å². The van der Waals surface area contributed by atoms with Crippen LogP contribution in [0.4, 0.5) is 23.4 Å². The molecule has 4 aromatic rings. The van der Waals surface area contributed by atoms with Gasteiger partial charge in [-0.25, -0.2) is 17.6 Å². The van der Waals surface area contributed by atoms with Gasteiger partial charge in [-0.1, -0.05) is 11.6 Å². The van der Waals surface area contributed by atoms with Crippen molar-refractivity contribution >= 4 is 39.2 Å². The summed E-state index contributed by atoms with van der Waals surface area (Å²) >= 11 is 6.71. The van der Waals surface area contributed by atoms with E-state index in [9.17, 15) is 13.2 Å². The predicted molar refractivity (Wildman–Crippen MR) is 149 cm³/mol. The molecule has 41 heavy (non-hydrogen) atoms. The maximum atomic E-state index is 16.6. The van der Waals surface area contributed by atoms with E-state index in [-0.39, 0.29) is 63.4 Å². The number of ether oxygens (including phenoxy) is 1. The van der Waals surface area contributed by atoms with Gasteiger partial charge in [0.1, 0.15) is 35.8 Å². The molecule has 7 nitrogen and oxygen atoms in total. The quantitative estimate of drug-likeness (QED) is 0.272. The van der Waals surface area contributed by atoms with Crippen molar-refractivity contribution in [2.45, 2.75) is 44.3 Å². The van der Waals surface area contributed by atoms with E-state index in [1.54, 1.807) is 11.8 Å². The van der Waals surface area contributed by atoms with Crippen LogP contribution >= 0.6 is 11.6 Å². The zero-order chi connectivity index (χ0) is 28.5. The number of hydrogen-bond donors (Lipinski definition) is 1. The van der Waals surface area contributed by atoms with Crippen LogP contribution in [0.25, 0.3) is 32.9 Å². The topological polar surface area (TPSA) is 70.2 Å². The number of benzene rings is 2. The van der Waals surface area contributed by atoms with Gasteiger partial charge in [0.15, 0.2) is 5.82 Å². The summed E-state index contributed by atoms with van der Waals surface area (Å²) < 4.78 is 66.3. The number of alkyl halides is 1. The van der Waals surface area contributed by atoms with Crippen LogP contribution in [-0.4, -0.2) is 69.6 Å². The molecule has 3 aliphatic rings. The van der Waals surface area contributed by atoms with Gasteiger partial charge in [-0.3, -0.25) is 10.00 Å². The largest absolute Gasteiger partial charge is 0.461 e. The van der Waals surface area contributed by atoms with Gasteiger partial charge in [-0.05, 0) is 56.5 Å². The normalized spacial score (nSPS) is 23.0. The molecular formula is C29H27ClF4N6O. The second-order valence-corrected chi connectivity index (χ2v) is 11.6. The number of aromatic amines is 1. The number of halogens is 5. The number of hydrogen-bond acceptors (Lipinski definition) is 6. The van der Waals surface area contributed by atoms with Crippen molar-refractivity contribution < 1.29 is 22.3 Å². The lowest BCUT2D eigenvalue weighted by atomic mass is 9.94. The number of anilines is 1. The van der Waals surface area contributed by atoms with E-state index in [0.717, 1.165) is 19.4 Å². The first-order valence-electron chi connectivity index (χ1n) is 13.7.